The molecule has 0 aliphatic carbocycles. The third kappa shape index (κ3) is 2.04. The molecule has 0 aliphatic rings. The van der Waals surface area contributed by atoms with Crippen LogP contribution >= 0.6 is 11.6 Å². The first-order valence-electron chi connectivity index (χ1n) is 6.26. The highest BCUT2D eigenvalue weighted by molar-refractivity contribution is 6.34. The van der Waals surface area contributed by atoms with Crippen LogP contribution in [0.5, 0.6) is 0 Å². The number of halogens is 2. The van der Waals surface area contributed by atoms with E-state index in [0.29, 0.717) is 22.1 Å². The van der Waals surface area contributed by atoms with Gasteiger partial charge < -0.3 is 0 Å². The van der Waals surface area contributed by atoms with E-state index in [-0.39, 0.29) is 5.82 Å². The average Bonchev–Trinajstić information content (AvgIpc) is 2.41. The molecular formula is C16H12ClFN2. The zero-order valence-corrected chi connectivity index (χ0v) is 11.9. The number of nitrogens with zero attached hydrogens (tertiary/aromatic N) is 2. The van der Waals surface area contributed by atoms with Crippen LogP contribution in [0.15, 0.2) is 36.4 Å². The van der Waals surface area contributed by atoms with Crippen molar-refractivity contribution in [3.63, 3.8) is 0 Å². The fourth-order valence-electron chi connectivity index (χ4n) is 2.24. The van der Waals surface area contributed by atoms with Gasteiger partial charge in [0.05, 0.1) is 11.1 Å². The topological polar surface area (TPSA) is 25.8 Å². The number of hydrogen-bond acceptors (Lipinski definition) is 2. The molecule has 0 aliphatic heterocycles. The van der Waals surface area contributed by atoms with Crippen molar-refractivity contribution in [2.24, 2.45) is 0 Å². The molecular weight excluding hydrogens is 275 g/mol. The summed E-state index contributed by atoms with van der Waals surface area (Å²) in [6.45, 7) is 3.66. The van der Waals surface area contributed by atoms with E-state index >= 15 is 0 Å². The molecule has 1 aromatic heterocycles. The van der Waals surface area contributed by atoms with Crippen molar-refractivity contribution in [3.8, 4) is 11.4 Å². The zero-order valence-electron chi connectivity index (χ0n) is 11.1. The molecule has 3 aromatic rings. The van der Waals surface area contributed by atoms with Crippen LogP contribution in [0.2, 0.25) is 5.15 Å². The Kier molecular flexibility index (Phi) is 3.14. The van der Waals surface area contributed by atoms with E-state index in [9.17, 15) is 4.39 Å². The van der Waals surface area contributed by atoms with E-state index in [1.54, 1.807) is 25.1 Å². The predicted octanol–water partition coefficient (Wildman–Crippen LogP) is 4.71. The molecule has 0 saturated carbocycles. The molecule has 3 rings (SSSR count). The maximum atomic E-state index is 14.2. The van der Waals surface area contributed by atoms with Gasteiger partial charge in [-0.3, -0.25) is 0 Å². The fraction of sp³-hybridized carbons (Fsp3) is 0.125. The largest absolute Gasteiger partial charge is 0.228 e. The Morgan fingerprint density at radius 1 is 0.950 bits per heavy atom. The highest BCUT2D eigenvalue weighted by atomic mass is 35.5. The minimum absolute atomic E-state index is 0.310. The minimum atomic E-state index is -0.310. The van der Waals surface area contributed by atoms with Gasteiger partial charge in [-0.25, -0.2) is 14.4 Å². The smallest absolute Gasteiger partial charge is 0.164 e. The molecule has 0 spiro atoms. The fourth-order valence-corrected chi connectivity index (χ4v) is 2.57. The summed E-state index contributed by atoms with van der Waals surface area (Å²) in [5.41, 5.74) is 2.66. The van der Waals surface area contributed by atoms with Crippen LogP contribution < -0.4 is 0 Å². The maximum Gasteiger partial charge on any atom is 0.164 e. The van der Waals surface area contributed by atoms with Crippen molar-refractivity contribution in [2.45, 2.75) is 13.8 Å². The Morgan fingerprint density at radius 3 is 2.45 bits per heavy atom. The second kappa shape index (κ2) is 4.84. The third-order valence-electron chi connectivity index (χ3n) is 3.32. The third-order valence-corrected chi connectivity index (χ3v) is 3.59. The zero-order chi connectivity index (χ0) is 14.3. The molecule has 0 saturated heterocycles. The van der Waals surface area contributed by atoms with E-state index in [1.165, 1.54) is 0 Å². The van der Waals surface area contributed by atoms with Crippen molar-refractivity contribution < 1.29 is 4.39 Å². The Bertz CT molecular complexity index is 815. The summed E-state index contributed by atoms with van der Waals surface area (Å²) in [5, 5.41) is 1.16. The first kappa shape index (κ1) is 13.0. The molecule has 0 unspecified atom stereocenters. The molecule has 100 valence electrons. The molecule has 0 fully saturated rings. The lowest BCUT2D eigenvalue weighted by molar-refractivity contribution is 0.621. The Balaban J connectivity index is 2.31. The predicted molar refractivity (Wildman–Crippen MR) is 79.4 cm³/mol. The Morgan fingerprint density at radius 2 is 1.65 bits per heavy atom. The number of rotatable bonds is 1. The molecule has 0 bridgehead atoms. The van der Waals surface area contributed by atoms with Crippen LogP contribution in [0.1, 0.15) is 11.1 Å². The molecule has 0 radical (unpaired) electrons. The minimum Gasteiger partial charge on any atom is -0.228 e. The Labute approximate surface area is 121 Å². The van der Waals surface area contributed by atoms with Gasteiger partial charge in [0, 0.05) is 5.39 Å². The van der Waals surface area contributed by atoms with Crippen molar-refractivity contribution in [2.75, 3.05) is 0 Å². The lowest BCUT2D eigenvalue weighted by Crippen LogP contribution is -1.96. The second-order valence-corrected chi connectivity index (χ2v) is 5.10. The van der Waals surface area contributed by atoms with Crippen molar-refractivity contribution in [3.05, 3.63) is 58.5 Å². The monoisotopic (exact) mass is 286 g/mol. The van der Waals surface area contributed by atoms with Gasteiger partial charge in [-0.05, 0) is 37.1 Å². The van der Waals surface area contributed by atoms with Crippen LogP contribution in [-0.4, -0.2) is 9.97 Å². The highest BCUT2D eigenvalue weighted by Crippen LogP contribution is 2.28. The summed E-state index contributed by atoms with van der Waals surface area (Å²) in [7, 11) is 0. The van der Waals surface area contributed by atoms with Gasteiger partial charge in [-0.1, -0.05) is 35.9 Å². The molecule has 20 heavy (non-hydrogen) atoms. The molecule has 2 nitrogen and oxygen atoms in total. The van der Waals surface area contributed by atoms with E-state index in [2.05, 4.69) is 9.97 Å². The number of hydrogen-bond donors (Lipinski definition) is 0. The molecule has 0 atom stereocenters. The van der Waals surface area contributed by atoms with Gasteiger partial charge in [0.25, 0.3) is 0 Å². The summed E-state index contributed by atoms with van der Waals surface area (Å²) in [6, 6.07) is 10.9. The number of aromatic nitrogens is 2. The molecule has 0 N–H and O–H groups in total. The summed E-state index contributed by atoms with van der Waals surface area (Å²) < 4.78 is 14.2. The first-order valence-corrected chi connectivity index (χ1v) is 6.64. The first-order chi connectivity index (χ1) is 9.58. The number of benzene rings is 2. The SMILES string of the molecule is Cc1cccc(-c2nc(Cl)c3c(C)cccc3n2)c1F. The average molecular weight is 287 g/mol. The second-order valence-electron chi connectivity index (χ2n) is 4.74. The molecule has 1 heterocycles. The quantitative estimate of drug-likeness (QED) is 0.606. The van der Waals surface area contributed by atoms with Gasteiger partial charge in [0.15, 0.2) is 5.82 Å². The number of aryl methyl sites for hydroxylation is 2. The molecule has 0 amide bonds. The van der Waals surface area contributed by atoms with Crippen LogP contribution in [0.4, 0.5) is 4.39 Å². The van der Waals surface area contributed by atoms with Crippen LogP contribution in [-0.2, 0) is 0 Å². The van der Waals surface area contributed by atoms with Gasteiger partial charge in [-0.2, -0.15) is 0 Å². The standard InChI is InChI=1S/C16H12ClFN2/c1-9-5-4-8-12-13(9)15(17)20-16(19-12)11-7-3-6-10(2)14(11)18/h3-8H,1-2H3. The van der Waals surface area contributed by atoms with Crippen LogP contribution in [0.3, 0.4) is 0 Å². The van der Waals surface area contributed by atoms with Gasteiger partial charge in [0.1, 0.15) is 11.0 Å². The Hall–Kier alpha value is -2.00. The maximum absolute atomic E-state index is 14.2. The van der Waals surface area contributed by atoms with Crippen LogP contribution in [0, 0.1) is 19.7 Å². The summed E-state index contributed by atoms with van der Waals surface area (Å²) in [6.07, 6.45) is 0. The van der Waals surface area contributed by atoms with E-state index in [4.69, 9.17) is 11.6 Å². The van der Waals surface area contributed by atoms with E-state index in [0.717, 1.165) is 16.5 Å². The number of fused-ring (bicyclic) bond motifs is 1. The van der Waals surface area contributed by atoms with Crippen LogP contribution in [0.25, 0.3) is 22.3 Å². The summed E-state index contributed by atoms with van der Waals surface area (Å²) in [4.78, 5) is 8.68. The van der Waals surface area contributed by atoms with E-state index < -0.39 is 0 Å². The van der Waals surface area contributed by atoms with Gasteiger partial charge in [0.2, 0.25) is 0 Å². The highest BCUT2D eigenvalue weighted by Gasteiger charge is 2.13. The lowest BCUT2D eigenvalue weighted by Gasteiger charge is -2.08. The van der Waals surface area contributed by atoms with Crippen molar-refractivity contribution in [1.82, 2.24) is 9.97 Å². The van der Waals surface area contributed by atoms with Gasteiger partial charge >= 0.3 is 0 Å². The van der Waals surface area contributed by atoms with Crippen molar-refractivity contribution >= 4 is 22.5 Å². The normalized spacial score (nSPS) is 11.0. The summed E-state index contributed by atoms with van der Waals surface area (Å²) >= 11 is 6.24. The molecule has 2 aromatic carbocycles. The van der Waals surface area contributed by atoms with Crippen molar-refractivity contribution in [1.29, 1.82) is 0 Å². The summed E-state index contributed by atoms with van der Waals surface area (Å²) in [5.74, 6) is 0.00451. The van der Waals surface area contributed by atoms with Gasteiger partial charge in [-0.15, -0.1) is 0 Å². The lowest BCUT2D eigenvalue weighted by atomic mass is 10.1. The van der Waals surface area contributed by atoms with E-state index in [1.807, 2.05) is 25.1 Å². The molecule has 4 heteroatoms.